The molecule has 1 aromatic rings. The summed E-state index contributed by atoms with van der Waals surface area (Å²) < 4.78 is 5.58. The van der Waals surface area contributed by atoms with Gasteiger partial charge in [-0.25, -0.2) is 0 Å². The monoisotopic (exact) mass is 330 g/mol. The van der Waals surface area contributed by atoms with Crippen molar-refractivity contribution in [1.82, 2.24) is 5.32 Å². The number of nitrogens with zero attached hydrogens (tertiary/aromatic N) is 1. The van der Waals surface area contributed by atoms with Crippen molar-refractivity contribution in [3.63, 3.8) is 0 Å². The first kappa shape index (κ1) is 17.7. The quantitative estimate of drug-likeness (QED) is 0.613. The van der Waals surface area contributed by atoms with Crippen LogP contribution in [-0.2, 0) is 9.59 Å². The molecule has 0 aliphatic carbocycles. The lowest BCUT2D eigenvalue weighted by molar-refractivity contribution is -0.128. The molecule has 6 heteroatoms. The minimum Gasteiger partial charge on any atom is -0.479 e. The van der Waals surface area contributed by atoms with E-state index >= 15 is 0 Å². The van der Waals surface area contributed by atoms with Crippen molar-refractivity contribution in [3.05, 3.63) is 36.4 Å². The second kappa shape index (κ2) is 7.77. The van der Waals surface area contributed by atoms with Crippen molar-refractivity contribution >= 4 is 23.3 Å². The van der Waals surface area contributed by atoms with Crippen molar-refractivity contribution in [2.75, 3.05) is 18.0 Å². The third-order valence-corrected chi connectivity index (χ3v) is 3.71. The van der Waals surface area contributed by atoms with Gasteiger partial charge in [-0.2, -0.15) is 0 Å². The predicted octanol–water partition coefficient (Wildman–Crippen LogP) is 2.09. The third-order valence-electron chi connectivity index (χ3n) is 3.71. The molecule has 0 saturated heterocycles. The van der Waals surface area contributed by atoms with Gasteiger partial charge in [-0.05, 0) is 31.5 Å². The highest BCUT2D eigenvalue weighted by molar-refractivity contribution is 6.05. The molecule has 2 amide bonds. The standard InChI is InChI=1S/C18H22N2O4/c1-4-6-15(21)13-7-8-16-14(10-13)20(18(23)12(3)24-16)11-17(22)19-9-5-2/h5,7-8,10,12H,2,4,6,9,11H2,1,3H3,(H,19,22). The summed E-state index contributed by atoms with van der Waals surface area (Å²) in [5.41, 5.74) is 0.965. The van der Waals surface area contributed by atoms with Crippen LogP contribution in [0.1, 0.15) is 37.0 Å². The third kappa shape index (κ3) is 3.82. The summed E-state index contributed by atoms with van der Waals surface area (Å²) in [6.07, 6.45) is 2.07. The molecule has 1 heterocycles. The lowest BCUT2D eigenvalue weighted by atomic mass is 10.0. The number of benzene rings is 1. The number of ether oxygens (including phenoxy) is 1. The van der Waals surface area contributed by atoms with Gasteiger partial charge in [0.25, 0.3) is 5.91 Å². The van der Waals surface area contributed by atoms with Gasteiger partial charge in [0.05, 0.1) is 5.69 Å². The van der Waals surface area contributed by atoms with E-state index in [1.807, 2.05) is 6.92 Å². The number of Topliss-reactive ketones (excluding diaryl/α,β-unsaturated/α-hetero) is 1. The summed E-state index contributed by atoms with van der Waals surface area (Å²) in [5.74, 6) is -0.112. The lowest BCUT2D eigenvalue weighted by Gasteiger charge is -2.32. The Balaban J connectivity index is 2.32. The first-order chi connectivity index (χ1) is 11.5. The number of anilines is 1. The van der Waals surface area contributed by atoms with Crippen LogP contribution in [0.2, 0.25) is 0 Å². The van der Waals surface area contributed by atoms with E-state index in [2.05, 4.69) is 11.9 Å². The van der Waals surface area contributed by atoms with Gasteiger partial charge in [-0.15, -0.1) is 6.58 Å². The summed E-state index contributed by atoms with van der Waals surface area (Å²) in [5, 5.41) is 2.64. The van der Waals surface area contributed by atoms with E-state index < -0.39 is 6.10 Å². The Morgan fingerprint density at radius 3 is 2.83 bits per heavy atom. The maximum atomic E-state index is 12.4. The molecular formula is C18H22N2O4. The van der Waals surface area contributed by atoms with Crippen LogP contribution >= 0.6 is 0 Å². The molecule has 128 valence electrons. The molecule has 1 aromatic carbocycles. The van der Waals surface area contributed by atoms with Crippen LogP contribution in [0.3, 0.4) is 0 Å². The van der Waals surface area contributed by atoms with Crippen molar-refractivity contribution in [2.45, 2.75) is 32.8 Å². The van der Waals surface area contributed by atoms with E-state index in [4.69, 9.17) is 4.74 Å². The molecule has 1 aliphatic heterocycles. The van der Waals surface area contributed by atoms with Gasteiger partial charge >= 0.3 is 0 Å². The number of carbonyl (C=O) groups is 3. The lowest BCUT2D eigenvalue weighted by Crippen LogP contribution is -2.48. The fourth-order valence-corrected chi connectivity index (χ4v) is 2.50. The number of hydrogen-bond donors (Lipinski definition) is 1. The van der Waals surface area contributed by atoms with Crippen molar-refractivity contribution in [2.24, 2.45) is 0 Å². The summed E-state index contributed by atoms with van der Waals surface area (Å²) in [6.45, 7) is 7.31. The minimum absolute atomic E-state index is 0.00225. The van der Waals surface area contributed by atoms with E-state index in [9.17, 15) is 14.4 Å². The fourth-order valence-electron chi connectivity index (χ4n) is 2.50. The van der Waals surface area contributed by atoms with Crippen LogP contribution in [0, 0.1) is 0 Å². The number of amides is 2. The molecular weight excluding hydrogens is 308 g/mol. The van der Waals surface area contributed by atoms with E-state index in [1.165, 1.54) is 4.90 Å². The Bertz CT molecular complexity index is 669. The topological polar surface area (TPSA) is 75.7 Å². The predicted molar refractivity (Wildman–Crippen MR) is 91.3 cm³/mol. The molecule has 0 bridgehead atoms. The molecule has 1 atom stereocenters. The van der Waals surface area contributed by atoms with E-state index in [-0.39, 0.29) is 24.1 Å². The highest BCUT2D eigenvalue weighted by atomic mass is 16.5. The average molecular weight is 330 g/mol. The number of rotatable bonds is 7. The van der Waals surface area contributed by atoms with Gasteiger partial charge < -0.3 is 10.1 Å². The summed E-state index contributed by atoms with van der Waals surface area (Å²) in [4.78, 5) is 37.9. The first-order valence-electron chi connectivity index (χ1n) is 8.00. The Labute approximate surface area is 141 Å². The normalized spacial score (nSPS) is 16.2. The van der Waals surface area contributed by atoms with Gasteiger partial charge in [-0.1, -0.05) is 13.0 Å². The molecule has 0 spiro atoms. The molecule has 0 saturated carbocycles. The highest BCUT2D eigenvalue weighted by Gasteiger charge is 2.33. The zero-order valence-corrected chi connectivity index (χ0v) is 14.0. The molecule has 1 unspecified atom stereocenters. The van der Waals surface area contributed by atoms with Crippen LogP contribution in [-0.4, -0.2) is 36.8 Å². The van der Waals surface area contributed by atoms with Gasteiger partial charge in [0, 0.05) is 18.5 Å². The number of carbonyl (C=O) groups excluding carboxylic acids is 3. The van der Waals surface area contributed by atoms with Gasteiger partial charge in [0.2, 0.25) is 5.91 Å². The molecule has 1 N–H and O–H groups in total. The van der Waals surface area contributed by atoms with Crippen molar-refractivity contribution in [1.29, 1.82) is 0 Å². The number of hydrogen-bond acceptors (Lipinski definition) is 4. The van der Waals surface area contributed by atoms with Gasteiger partial charge in [-0.3, -0.25) is 19.3 Å². The zero-order chi connectivity index (χ0) is 17.7. The molecule has 6 nitrogen and oxygen atoms in total. The van der Waals surface area contributed by atoms with Gasteiger partial charge in [0.15, 0.2) is 11.9 Å². The molecule has 0 fully saturated rings. The maximum absolute atomic E-state index is 12.4. The number of nitrogens with one attached hydrogen (secondary N) is 1. The highest BCUT2D eigenvalue weighted by Crippen LogP contribution is 2.35. The zero-order valence-electron chi connectivity index (χ0n) is 14.0. The molecule has 24 heavy (non-hydrogen) atoms. The van der Waals surface area contributed by atoms with Crippen molar-refractivity contribution < 1.29 is 19.1 Å². The Hall–Kier alpha value is -2.63. The summed E-state index contributed by atoms with van der Waals surface area (Å²) in [6, 6.07) is 4.99. The second-order valence-corrected chi connectivity index (χ2v) is 5.63. The Morgan fingerprint density at radius 2 is 2.17 bits per heavy atom. The van der Waals surface area contributed by atoms with Crippen molar-refractivity contribution in [3.8, 4) is 5.75 Å². The van der Waals surface area contributed by atoms with E-state index in [1.54, 1.807) is 31.2 Å². The second-order valence-electron chi connectivity index (χ2n) is 5.63. The molecule has 2 rings (SSSR count). The maximum Gasteiger partial charge on any atom is 0.268 e. The van der Waals surface area contributed by atoms with E-state index in [0.29, 0.717) is 30.0 Å². The Morgan fingerprint density at radius 1 is 1.42 bits per heavy atom. The SMILES string of the molecule is C=CCNC(=O)CN1C(=O)C(C)Oc2ccc(C(=O)CCC)cc21. The first-order valence-corrected chi connectivity index (χ1v) is 8.00. The number of fused-ring (bicyclic) bond motifs is 1. The van der Waals surface area contributed by atoms with Crippen LogP contribution in [0.25, 0.3) is 0 Å². The summed E-state index contributed by atoms with van der Waals surface area (Å²) >= 11 is 0. The Kier molecular flexibility index (Phi) is 5.73. The van der Waals surface area contributed by atoms with Gasteiger partial charge in [0.1, 0.15) is 12.3 Å². The molecule has 0 aromatic heterocycles. The van der Waals surface area contributed by atoms with Crippen LogP contribution in [0.5, 0.6) is 5.75 Å². The smallest absolute Gasteiger partial charge is 0.268 e. The minimum atomic E-state index is -0.679. The average Bonchev–Trinajstić information content (AvgIpc) is 2.57. The van der Waals surface area contributed by atoms with Crippen LogP contribution in [0.15, 0.2) is 30.9 Å². The van der Waals surface area contributed by atoms with Crippen LogP contribution in [0.4, 0.5) is 5.69 Å². The largest absolute Gasteiger partial charge is 0.479 e. The number of ketones is 1. The molecule has 1 aliphatic rings. The van der Waals surface area contributed by atoms with E-state index in [0.717, 1.165) is 6.42 Å². The molecule has 0 radical (unpaired) electrons. The fraction of sp³-hybridized carbons (Fsp3) is 0.389. The summed E-state index contributed by atoms with van der Waals surface area (Å²) in [7, 11) is 0. The van der Waals surface area contributed by atoms with Crippen LogP contribution < -0.4 is 15.0 Å².